The van der Waals surface area contributed by atoms with Gasteiger partial charge in [-0.25, -0.2) is 4.90 Å². The maximum atomic E-state index is 11.8. The van der Waals surface area contributed by atoms with Crippen molar-refractivity contribution in [3.05, 3.63) is 23.8 Å². The smallest absolute Gasteiger partial charge is 0.253 e. The van der Waals surface area contributed by atoms with Crippen LogP contribution in [-0.4, -0.2) is 29.6 Å². The number of nitrogen functional groups attached to an aromatic ring is 1. The summed E-state index contributed by atoms with van der Waals surface area (Å²) in [6.45, 7) is -0.493. The van der Waals surface area contributed by atoms with Crippen LogP contribution in [0.2, 0.25) is 0 Å². The average molecular weight is 235 g/mol. The Morgan fingerprint density at radius 3 is 2.88 bits per heavy atom. The number of carbonyl (C=O) groups is 2. The summed E-state index contributed by atoms with van der Waals surface area (Å²) in [6.07, 6.45) is 0.129. The maximum Gasteiger partial charge on any atom is 0.253 e. The van der Waals surface area contributed by atoms with Crippen LogP contribution < -0.4 is 16.4 Å². The zero-order chi connectivity index (χ0) is 12.6. The summed E-state index contributed by atoms with van der Waals surface area (Å²) in [5.74, 6) is -0.944. The number of nitrogens with two attached hydrogens (primary N) is 2. The van der Waals surface area contributed by atoms with Gasteiger partial charge in [-0.15, -0.1) is 0 Å². The van der Waals surface area contributed by atoms with Crippen LogP contribution in [0.15, 0.2) is 18.2 Å². The lowest BCUT2D eigenvalue weighted by Gasteiger charge is -2.18. The third-order valence-corrected chi connectivity index (χ3v) is 2.67. The molecule has 0 spiro atoms. The molecule has 1 aromatic carbocycles. The van der Waals surface area contributed by atoms with Gasteiger partial charge in [-0.2, -0.15) is 0 Å². The number of imide groups is 1. The van der Waals surface area contributed by atoms with E-state index in [0.29, 0.717) is 16.9 Å². The molecule has 0 saturated carbocycles. The first-order valence-electron chi connectivity index (χ1n) is 5.16. The van der Waals surface area contributed by atoms with E-state index < -0.39 is 18.6 Å². The number of hydrogen-bond donors (Lipinski definition) is 3. The molecule has 6 nitrogen and oxygen atoms in total. The average Bonchev–Trinajstić information content (AvgIpc) is 2.62. The first-order chi connectivity index (χ1) is 8.04. The summed E-state index contributed by atoms with van der Waals surface area (Å²) in [7, 11) is 0. The molecule has 1 aliphatic heterocycles. The molecular formula is C11H13N3O3. The van der Waals surface area contributed by atoms with E-state index >= 15 is 0 Å². The number of nitrogens with zero attached hydrogens (tertiary/aromatic N) is 1. The summed E-state index contributed by atoms with van der Waals surface area (Å²) < 4.78 is 0. The Balaban J connectivity index is 2.38. The van der Waals surface area contributed by atoms with Crippen LogP contribution in [0.1, 0.15) is 5.56 Å². The molecule has 0 aliphatic carbocycles. The van der Waals surface area contributed by atoms with Crippen molar-refractivity contribution in [3.63, 3.8) is 0 Å². The van der Waals surface area contributed by atoms with E-state index in [0.717, 1.165) is 4.90 Å². The topological polar surface area (TPSA) is 110 Å². The number of benzene rings is 1. The van der Waals surface area contributed by atoms with Crippen molar-refractivity contribution in [2.24, 2.45) is 5.73 Å². The van der Waals surface area contributed by atoms with E-state index in [1.165, 1.54) is 0 Å². The van der Waals surface area contributed by atoms with Gasteiger partial charge >= 0.3 is 0 Å². The summed E-state index contributed by atoms with van der Waals surface area (Å²) >= 11 is 0. The monoisotopic (exact) mass is 235 g/mol. The summed E-state index contributed by atoms with van der Waals surface area (Å²) in [6, 6.07) is 3.80. The minimum Gasteiger partial charge on any atom is -0.399 e. The van der Waals surface area contributed by atoms with Crippen molar-refractivity contribution in [2.45, 2.75) is 12.5 Å². The molecule has 2 rings (SSSR count). The molecule has 90 valence electrons. The molecule has 1 heterocycles. The van der Waals surface area contributed by atoms with Gasteiger partial charge in [0.2, 0.25) is 5.91 Å². The normalized spacial score (nSPS) is 15.9. The first-order valence-corrected chi connectivity index (χ1v) is 5.16. The predicted octanol–water partition coefficient (Wildman–Crippen LogP) is -0.996. The van der Waals surface area contributed by atoms with Gasteiger partial charge in [0.1, 0.15) is 6.04 Å². The Labute approximate surface area is 97.8 Å². The first kappa shape index (κ1) is 11.6. The van der Waals surface area contributed by atoms with Crippen molar-refractivity contribution in [3.8, 4) is 0 Å². The Morgan fingerprint density at radius 1 is 1.53 bits per heavy atom. The van der Waals surface area contributed by atoms with Gasteiger partial charge < -0.3 is 16.6 Å². The molecule has 17 heavy (non-hydrogen) atoms. The summed E-state index contributed by atoms with van der Waals surface area (Å²) in [5.41, 5.74) is 12.8. The van der Waals surface area contributed by atoms with E-state index in [9.17, 15) is 9.59 Å². The Morgan fingerprint density at radius 2 is 2.24 bits per heavy atom. The van der Waals surface area contributed by atoms with E-state index in [-0.39, 0.29) is 12.3 Å². The number of anilines is 2. The largest absolute Gasteiger partial charge is 0.399 e. The third-order valence-electron chi connectivity index (χ3n) is 2.67. The van der Waals surface area contributed by atoms with E-state index in [4.69, 9.17) is 16.6 Å². The molecule has 0 bridgehead atoms. The van der Waals surface area contributed by atoms with E-state index in [1.54, 1.807) is 18.2 Å². The molecule has 0 aromatic heterocycles. The highest BCUT2D eigenvalue weighted by atomic mass is 16.3. The molecule has 1 aromatic rings. The quantitative estimate of drug-likeness (QED) is 0.570. The lowest BCUT2D eigenvalue weighted by atomic mass is 10.1. The second kappa shape index (κ2) is 4.15. The van der Waals surface area contributed by atoms with Gasteiger partial charge in [-0.3, -0.25) is 9.59 Å². The molecule has 1 atom stereocenters. The van der Waals surface area contributed by atoms with Crippen LogP contribution in [0.25, 0.3) is 0 Å². The number of carbonyl (C=O) groups excluding carboxylic acids is 2. The molecule has 2 amide bonds. The molecule has 1 aliphatic rings. The van der Waals surface area contributed by atoms with Crippen LogP contribution in [0.3, 0.4) is 0 Å². The Kier molecular flexibility index (Phi) is 2.83. The van der Waals surface area contributed by atoms with Gasteiger partial charge in [-0.05, 0) is 23.8 Å². The fraction of sp³-hybridized carbons (Fsp3) is 0.273. The second-order valence-corrected chi connectivity index (χ2v) is 3.92. The number of aliphatic hydroxyl groups is 1. The molecular weight excluding hydrogens is 222 g/mol. The van der Waals surface area contributed by atoms with Crippen LogP contribution in [-0.2, 0) is 16.0 Å². The number of fused-ring (bicyclic) bond motifs is 1. The zero-order valence-corrected chi connectivity index (χ0v) is 9.09. The number of aliphatic hydroxyl groups excluding tert-OH is 1. The lowest BCUT2D eigenvalue weighted by Crippen LogP contribution is -2.47. The van der Waals surface area contributed by atoms with Crippen LogP contribution in [0.5, 0.6) is 0 Å². The van der Waals surface area contributed by atoms with Gasteiger partial charge in [0.05, 0.1) is 18.7 Å². The fourth-order valence-electron chi connectivity index (χ4n) is 1.83. The highest BCUT2D eigenvalue weighted by Crippen LogP contribution is 2.30. The van der Waals surface area contributed by atoms with Crippen molar-refractivity contribution in [1.29, 1.82) is 0 Å². The number of amides is 2. The van der Waals surface area contributed by atoms with Gasteiger partial charge in [0.25, 0.3) is 5.91 Å². The van der Waals surface area contributed by atoms with E-state index in [2.05, 4.69) is 0 Å². The number of hydrogen-bond acceptors (Lipinski definition) is 5. The highest BCUT2D eigenvalue weighted by Gasteiger charge is 2.34. The zero-order valence-electron chi connectivity index (χ0n) is 9.09. The molecule has 6 heteroatoms. The standard InChI is InChI=1S/C11H13N3O3/c12-7-1-2-9-6(3-7)4-10(16)14(9)11(17)8(13)5-15/h1-3,8,15H,4-5,12-13H2. The predicted molar refractivity (Wildman–Crippen MR) is 62.1 cm³/mol. The maximum absolute atomic E-state index is 11.8. The van der Waals surface area contributed by atoms with Gasteiger partial charge in [-0.1, -0.05) is 0 Å². The molecule has 0 fully saturated rings. The molecule has 1 unspecified atom stereocenters. The van der Waals surface area contributed by atoms with Crippen LogP contribution in [0.4, 0.5) is 11.4 Å². The van der Waals surface area contributed by atoms with E-state index in [1.807, 2.05) is 0 Å². The van der Waals surface area contributed by atoms with Crippen molar-refractivity contribution in [1.82, 2.24) is 0 Å². The summed E-state index contributed by atoms with van der Waals surface area (Å²) in [4.78, 5) is 24.6. The summed E-state index contributed by atoms with van der Waals surface area (Å²) in [5, 5.41) is 8.84. The third kappa shape index (κ3) is 1.88. The molecule has 0 saturated heterocycles. The van der Waals surface area contributed by atoms with Gasteiger partial charge in [0.15, 0.2) is 0 Å². The fourth-order valence-corrected chi connectivity index (χ4v) is 1.83. The Hall–Kier alpha value is -1.92. The SMILES string of the molecule is Nc1ccc2c(c1)CC(=O)N2C(=O)C(N)CO. The van der Waals surface area contributed by atoms with Crippen LogP contribution in [0, 0.1) is 0 Å². The second-order valence-electron chi connectivity index (χ2n) is 3.92. The molecule has 0 radical (unpaired) electrons. The number of rotatable bonds is 2. The highest BCUT2D eigenvalue weighted by molar-refractivity contribution is 6.20. The Bertz CT molecular complexity index is 487. The van der Waals surface area contributed by atoms with Crippen molar-refractivity contribution in [2.75, 3.05) is 17.2 Å². The van der Waals surface area contributed by atoms with Gasteiger partial charge in [0, 0.05) is 5.69 Å². The molecule has 5 N–H and O–H groups in total. The van der Waals surface area contributed by atoms with Crippen LogP contribution >= 0.6 is 0 Å². The van der Waals surface area contributed by atoms with Crippen molar-refractivity contribution < 1.29 is 14.7 Å². The lowest BCUT2D eigenvalue weighted by molar-refractivity contribution is -0.126. The van der Waals surface area contributed by atoms with Crippen molar-refractivity contribution >= 4 is 23.2 Å². The minimum absolute atomic E-state index is 0.129. The minimum atomic E-state index is -1.08.